The number of quaternary nitrogens is 1. The Morgan fingerprint density at radius 2 is 2.27 bits per heavy atom. The van der Waals surface area contributed by atoms with Crippen molar-refractivity contribution >= 4 is 23.4 Å². The first-order valence-electron chi connectivity index (χ1n) is 7.63. The molecule has 2 rings (SSSR count). The molecule has 2 amide bonds. The molecule has 0 saturated carbocycles. The van der Waals surface area contributed by atoms with Crippen molar-refractivity contribution in [1.29, 1.82) is 0 Å². The molecule has 1 aliphatic rings. The van der Waals surface area contributed by atoms with E-state index < -0.39 is 0 Å². The first-order valence-corrected chi connectivity index (χ1v) is 8.01. The lowest BCUT2D eigenvalue weighted by atomic mass is 9.97. The second kappa shape index (κ2) is 7.61. The van der Waals surface area contributed by atoms with Crippen molar-refractivity contribution in [3.8, 4) is 0 Å². The minimum absolute atomic E-state index is 0.0207. The molecule has 1 fully saturated rings. The fourth-order valence-electron chi connectivity index (χ4n) is 2.93. The second-order valence-corrected chi connectivity index (χ2v) is 6.40. The molecule has 5 nitrogen and oxygen atoms in total. The molecule has 1 heterocycles. The third kappa shape index (κ3) is 4.71. The lowest BCUT2D eigenvalue weighted by Gasteiger charge is -2.28. The van der Waals surface area contributed by atoms with Crippen LogP contribution in [0.15, 0.2) is 24.3 Å². The number of primary amides is 1. The number of likely N-dealkylation sites (tertiary alicyclic amines) is 1. The van der Waals surface area contributed by atoms with Crippen LogP contribution in [0.2, 0.25) is 5.02 Å². The van der Waals surface area contributed by atoms with Crippen LogP contribution in [-0.2, 0) is 9.59 Å². The Labute approximate surface area is 135 Å². The highest BCUT2D eigenvalue weighted by molar-refractivity contribution is 6.30. The van der Waals surface area contributed by atoms with Crippen molar-refractivity contribution in [2.75, 3.05) is 19.6 Å². The molecule has 0 aromatic heterocycles. The Morgan fingerprint density at radius 1 is 1.50 bits per heavy atom. The van der Waals surface area contributed by atoms with E-state index in [-0.39, 0.29) is 23.8 Å². The van der Waals surface area contributed by atoms with Crippen LogP contribution in [0.5, 0.6) is 0 Å². The molecular formula is C16H23ClN3O2+. The van der Waals surface area contributed by atoms with Gasteiger partial charge in [-0.15, -0.1) is 0 Å². The van der Waals surface area contributed by atoms with Crippen LogP contribution in [-0.4, -0.2) is 31.4 Å². The molecule has 1 unspecified atom stereocenters. The molecule has 120 valence electrons. The van der Waals surface area contributed by atoms with E-state index in [2.05, 4.69) is 5.32 Å². The quantitative estimate of drug-likeness (QED) is 0.728. The number of rotatable bonds is 5. The average molecular weight is 325 g/mol. The zero-order valence-electron chi connectivity index (χ0n) is 12.8. The van der Waals surface area contributed by atoms with E-state index in [1.807, 2.05) is 25.1 Å². The number of nitrogens with one attached hydrogen (secondary N) is 2. The smallest absolute Gasteiger partial charge is 0.275 e. The maximum Gasteiger partial charge on any atom is 0.275 e. The molecule has 3 atom stereocenters. The molecule has 6 heteroatoms. The summed E-state index contributed by atoms with van der Waals surface area (Å²) in [4.78, 5) is 24.6. The molecule has 22 heavy (non-hydrogen) atoms. The van der Waals surface area contributed by atoms with Gasteiger partial charge in [0.15, 0.2) is 6.54 Å². The number of hydrogen-bond acceptors (Lipinski definition) is 2. The molecule has 0 bridgehead atoms. The van der Waals surface area contributed by atoms with Gasteiger partial charge in [-0.25, -0.2) is 0 Å². The summed E-state index contributed by atoms with van der Waals surface area (Å²) < 4.78 is 0. The van der Waals surface area contributed by atoms with Crippen LogP contribution in [0.4, 0.5) is 0 Å². The highest BCUT2D eigenvalue weighted by Crippen LogP contribution is 2.17. The Kier molecular flexibility index (Phi) is 5.80. The lowest BCUT2D eigenvalue weighted by molar-refractivity contribution is -0.899. The number of nitrogens with two attached hydrogens (primary N) is 1. The van der Waals surface area contributed by atoms with Crippen LogP contribution in [0.1, 0.15) is 31.4 Å². The molecule has 0 aliphatic carbocycles. The fraction of sp³-hybridized carbons (Fsp3) is 0.500. The van der Waals surface area contributed by atoms with Crippen LogP contribution in [0.3, 0.4) is 0 Å². The Balaban J connectivity index is 1.86. The summed E-state index contributed by atoms with van der Waals surface area (Å²) in [6.45, 7) is 3.85. The van der Waals surface area contributed by atoms with Crippen LogP contribution < -0.4 is 16.0 Å². The van der Waals surface area contributed by atoms with Gasteiger partial charge in [0.05, 0.1) is 25.0 Å². The van der Waals surface area contributed by atoms with Crippen LogP contribution in [0.25, 0.3) is 0 Å². The van der Waals surface area contributed by atoms with E-state index in [0.29, 0.717) is 18.1 Å². The molecule has 1 aromatic rings. The molecule has 1 aliphatic heterocycles. The number of carbonyl (C=O) groups excluding carboxylic acids is 2. The molecule has 1 saturated heterocycles. The minimum atomic E-state index is -0.259. The Hall–Kier alpha value is -1.59. The predicted octanol–water partition coefficient (Wildman–Crippen LogP) is 0.297. The van der Waals surface area contributed by atoms with E-state index in [4.69, 9.17) is 17.3 Å². The van der Waals surface area contributed by atoms with Crippen molar-refractivity contribution in [3.05, 3.63) is 34.9 Å². The van der Waals surface area contributed by atoms with E-state index >= 15 is 0 Å². The summed E-state index contributed by atoms with van der Waals surface area (Å²) in [7, 11) is 0. The van der Waals surface area contributed by atoms with Gasteiger partial charge in [0.2, 0.25) is 5.91 Å². The van der Waals surface area contributed by atoms with Crippen molar-refractivity contribution in [3.63, 3.8) is 0 Å². The van der Waals surface area contributed by atoms with Gasteiger partial charge >= 0.3 is 0 Å². The van der Waals surface area contributed by atoms with Crippen molar-refractivity contribution in [1.82, 2.24) is 5.32 Å². The van der Waals surface area contributed by atoms with E-state index in [9.17, 15) is 9.59 Å². The number of piperidine rings is 1. The zero-order valence-corrected chi connectivity index (χ0v) is 13.5. The van der Waals surface area contributed by atoms with E-state index in [1.54, 1.807) is 6.07 Å². The number of carbonyl (C=O) groups is 2. The normalized spacial score (nSPS) is 22.8. The number of halogens is 1. The first-order chi connectivity index (χ1) is 10.5. The predicted molar refractivity (Wildman–Crippen MR) is 85.5 cm³/mol. The zero-order chi connectivity index (χ0) is 16.1. The van der Waals surface area contributed by atoms with Gasteiger partial charge in [-0.3, -0.25) is 9.59 Å². The lowest BCUT2D eigenvalue weighted by Crippen LogP contribution is -3.15. The van der Waals surface area contributed by atoms with Crippen molar-refractivity contribution < 1.29 is 14.5 Å². The topological polar surface area (TPSA) is 76.6 Å². The van der Waals surface area contributed by atoms with Crippen LogP contribution in [0, 0.1) is 5.92 Å². The molecule has 4 N–H and O–H groups in total. The molecular weight excluding hydrogens is 302 g/mol. The van der Waals surface area contributed by atoms with Gasteiger partial charge in [0.1, 0.15) is 0 Å². The Bertz CT molecular complexity index is 550. The van der Waals surface area contributed by atoms with Crippen LogP contribution >= 0.6 is 11.6 Å². The summed E-state index contributed by atoms with van der Waals surface area (Å²) in [6.07, 6.45) is 1.76. The summed E-state index contributed by atoms with van der Waals surface area (Å²) in [6, 6.07) is 7.37. The van der Waals surface area contributed by atoms with Gasteiger partial charge in [-0.2, -0.15) is 0 Å². The van der Waals surface area contributed by atoms with Crippen molar-refractivity contribution in [2.45, 2.75) is 25.8 Å². The number of benzene rings is 1. The molecule has 1 aromatic carbocycles. The Morgan fingerprint density at radius 3 is 2.95 bits per heavy atom. The first kappa shape index (κ1) is 16.8. The minimum Gasteiger partial charge on any atom is -0.369 e. The highest BCUT2D eigenvalue weighted by Gasteiger charge is 2.28. The van der Waals surface area contributed by atoms with Gasteiger partial charge in [0.25, 0.3) is 5.91 Å². The second-order valence-electron chi connectivity index (χ2n) is 5.97. The summed E-state index contributed by atoms with van der Waals surface area (Å²) in [5, 5.41) is 3.64. The fourth-order valence-corrected chi connectivity index (χ4v) is 3.13. The standard InChI is InChI=1S/C16H22ClN3O2/c1-11(12-4-2-6-14(17)8-12)19-15(21)10-20-7-3-5-13(9-20)16(18)22/h2,4,6,8,11,13H,3,5,7,9-10H2,1H3,(H2,18,22)(H,19,21)/p+1/t11-,13+/m1/s1. The maximum absolute atomic E-state index is 12.2. The third-order valence-electron chi connectivity index (χ3n) is 4.16. The summed E-state index contributed by atoms with van der Waals surface area (Å²) in [5.74, 6) is -0.389. The molecule has 0 spiro atoms. The SMILES string of the molecule is C[C@@H](NC(=O)C[NH+]1CCC[C@H](C(N)=O)C1)c1cccc(Cl)c1. The maximum atomic E-state index is 12.2. The molecule has 0 radical (unpaired) electrons. The van der Waals surface area contributed by atoms with Gasteiger partial charge in [-0.05, 0) is 37.5 Å². The number of hydrogen-bond donors (Lipinski definition) is 3. The highest BCUT2D eigenvalue weighted by atomic mass is 35.5. The van der Waals surface area contributed by atoms with Gasteiger partial charge in [0, 0.05) is 5.02 Å². The number of amides is 2. The van der Waals surface area contributed by atoms with E-state index in [0.717, 1.165) is 29.8 Å². The van der Waals surface area contributed by atoms with Gasteiger partial charge in [-0.1, -0.05) is 23.7 Å². The van der Waals surface area contributed by atoms with Crippen molar-refractivity contribution in [2.24, 2.45) is 11.7 Å². The average Bonchev–Trinajstić information content (AvgIpc) is 2.47. The summed E-state index contributed by atoms with van der Waals surface area (Å²) >= 11 is 5.97. The van der Waals surface area contributed by atoms with Gasteiger partial charge < -0.3 is 16.0 Å². The third-order valence-corrected chi connectivity index (χ3v) is 4.39. The largest absolute Gasteiger partial charge is 0.369 e. The summed E-state index contributed by atoms with van der Waals surface area (Å²) in [5.41, 5.74) is 6.34. The monoisotopic (exact) mass is 324 g/mol. The van der Waals surface area contributed by atoms with E-state index in [1.165, 1.54) is 0 Å².